The molecule has 0 amide bonds. The summed E-state index contributed by atoms with van der Waals surface area (Å²) in [5.41, 5.74) is 1.63. The maximum Gasteiger partial charge on any atom is 0.225 e. The van der Waals surface area contributed by atoms with Gasteiger partial charge in [-0.25, -0.2) is 0 Å². The van der Waals surface area contributed by atoms with Gasteiger partial charge in [-0.2, -0.15) is 0 Å². The zero-order valence-corrected chi connectivity index (χ0v) is 15.0. The van der Waals surface area contributed by atoms with E-state index in [-0.39, 0.29) is 0 Å². The lowest BCUT2D eigenvalue weighted by molar-refractivity contribution is -0.115. The third-order valence-corrected chi connectivity index (χ3v) is 4.77. The second-order valence-electron chi connectivity index (χ2n) is 4.88. The Balaban J connectivity index is 2.21. The summed E-state index contributed by atoms with van der Waals surface area (Å²) in [6, 6.07) is 10.3. The fourth-order valence-electron chi connectivity index (χ4n) is 2.14. The minimum absolute atomic E-state index is 0.414. The van der Waals surface area contributed by atoms with Gasteiger partial charge in [0.1, 0.15) is 0 Å². The molecule has 6 heteroatoms. The highest BCUT2D eigenvalue weighted by molar-refractivity contribution is 6.64. The monoisotopic (exact) mass is 394 g/mol. The van der Waals surface area contributed by atoms with Crippen molar-refractivity contribution >= 4 is 63.2 Å². The molecule has 0 saturated heterocycles. The Bertz CT molecular complexity index is 645. The van der Waals surface area contributed by atoms with E-state index < -0.39 is 11.2 Å². The van der Waals surface area contributed by atoms with Crippen LogP contribution in [-0.2, 0) is 17.6 Å². The van der Waals surface area contributed by atoms with Crippen LogP contribution < -0.4 is 0 Å². The third-order valence-electron chi connectivity index (χ3n) is 3.28. The summed E-state index contributed by atoms with van der Waals surface area (Å²) < 4.78 is 0. The molecule has 0 unspecified atom stereocenters. The summed E-state index contributed by atoms with van der Waals surface area (Å²) in [6.45, 7) is 0. The van der Waals surface area contributed by atoms with Crippen LogP contribution in [0.15, 0.2) is 36.4 Å². The molecule has 0 aliphatic heterocycles. The number of hydrogen-bond donors (Lipinski definition) is 0. The smallest absolute Gasteiger partial charge is 0.225 e. The van der Waals surface area contributed by atoms with E-state index in [1.54, 1.807) is 36.4 Å². The zero-order valence-electron chi connectivity index (χ0n) is 11.3. The van der Waals surface area contributed by atoms with Crippen molar-refractivity contribution in [2.45, 2.75) is 12.8 Å². The van der Waals surface area contributed by atoms with Gasteiger partial charge >= 0.3 is 0 Å². The summed E-state index contributed by atoms with van der Waals surface area (Å²) in [6.07, 6.45) is 0.828. The normalized spacial score (nSPS) is 11.0. The second-order valence-corrected chi connectivity index (χ2v) is 6.94. The van der Waals surface area contributed by atoms with Crippen LogP contribution in [0.4, 0.5) is 0 Å². The first-order valence-corrected chi connectivity index (χ1v) is 8.33. The van der Waals surface area contributed by atoms with Crippen LogP contribution in [0.3, 0.4) is 0 Å². The van der Waals surface area contributed by atoms with Crippen LogP contribution in [0.5, 0.6) is 0 Å². The van der Waals surface area contributed by atoms with Gasteiger partial charge in [0, 0.05) is 26.0 Å². The maximum atomic E-state index is 11.7. The Labute approximate surface area is 154 Å². The van der Waals surface area contributed by atoms with Crippen LogP contribution in [0, 0.1) is 5.92 Å². The van der Waals surface area contributed by atoms with Gasteiger partial charge in [-0.05, 0) is 59.8 Å². The Kier molecular flexibility index (Phi) is 6.43. The van der Waals surface area contributed by atoms with Gasteiger partial charge in [-0.15, -0.1) is 0 Å². The first-order valence-electron chi connectivity index (χ1n) is 6.44. The van der Waals surface area contributed by atoms with E-state index in [9.17, 15) is 4.79 Å². The number of carbonyl (C=O) groups excluding carboxylic acids is 1. The van der Waals surface area contributed by atoms with Crippen molar-refractivity contribution in [2.24, 2.45) is 5.92 Å². The van der Waals surface area contributed by atoms with Gasteiger partial charge in [0.25, 0.3) is 0 Å². The lowest BCUT2D eigenvalue weighted by Gasteiger charge is -2.15. The molecule has 0 spiro atoms. The quantitative estimate of drug-likeness (QED) is 0.530. The highest BCUT2D eigenvalue weighted by Gasteiger charge is 2.20. The van der Waals surface area contributed by atoms with E-state index in [0.717, 1.165) is 11.1 Å². The molecule has 0 atom stereocenters. The Morgan fingerprint density at radius 3 is 1.55 bits per heavy atom. The average molecular weight is 397 g/mol. The molecule has 0 heterocycles. The number of rotatable bonds is 5. The molecule has 0 radical (unpaired) electrons. The van der Waals surface area contributed by atoms with Crippen molar-refractivity contribution in [1.29, 1.82) is 0 Å². The number of halogens is 5. The molecule has 0 N–H and O–H groups in total. The Morgan fingerprint density at radius 2 is 1.23 bits per heavy atom. The van der Waals surface area contributed by atoms with Crippen molar-refractivity contribution in [1.82, 2.24) is 0 Å². The SMILES string of the molecule is O=C(Cl)C(Cc1ccc(Cl)cc1Cl)Cc1ccc(Cl)cc1Cl. The highest BCUT2D eigenvalue weighted by atomic mass is 35.5. The summed E-state index contributed by atoms with van der Waals surface area (Å²) in [5.74, 6) is -0.431. The molecule has 2 aromatic rings. The minimum atomic E-state index is -0.433. The van der Waals surface area contributed by atoms with Crippen LogP contribution in [0.2, 0.25) is 20.1 Å². The molecule has 0 aliphatic carbocycles. The number of benzene rings is 2. The molecule has 0 bridgehead atoms. The van der Waals surface area contributed by atoms with Gasteiger partial charge < -0.3 is 0 Å². The van der Waals surface area contributed by atoms with E-state index in [4.69, 9.17) is 58.0 Å². The Morgan fingerprint density at radius 1 is 0.818 bits per heavy atom. The standard InChI is InChI=1S/C16H11Cl5O/c17-12-3-1-9(14(19)7-12)5-11(16(21)22)6-10-2-4-13(18)8-15(10)20/h1-4,7-8,11H,5-6H2. The molecule has 0 aliphatic rings. The molecule has 2 rings (SSSR count). The van der Waals surface area contributed by atoms with Gasteiger partial charge in [0.15, 0.2) is 0 Å². The highest BCUT2D eigenvalue weighted by Crippen LogP contribution is 2.28. The lowest BCUT2D eigenvalue weighted by atomic mass is 9.93. The first-order chi connectivity index (χ1) is 10.4. The van der Waals surface area contributed by atoms with Crippen molar-refractivity contribution in [3.8, 4) is 0 Å². The molecule has 2 aromatic carbocycles. The first kappa shape index (κ1) is 17.9. The maximum absolute atomic E-state index is 11.7. The van der Waals surface area contributed by atoms with E-state index in [0.29, 0.717) is 32.9 Å². The fraction of sp³-hybridized carbons (Fsp3) is 0.188. The van der Waals surface area contributed by atoms with Crippen LogP contribution in [0.1, 0.15) is 11.1 Å². The molecular weight excluding hydrogens is 385 g/mol. The molecule has 22 heavy (non-hydrogen) atoms. The molecule has 1 nitrogen and oxygen atoms in total. The van der Waals surface area contributed by atoms with Crippen molar-refractivity contribution in [3.05, 3.63) is 67.6 Å². The second kappa shape index (κ2) is 7.90. The Hall–Kier alpha value is -0.440. The topological polar surface area (TPSA) is 17.1 Å². The van der Waals surface area contributed by atoms with Gasteiger partial charge in [-0.1, -0.05) is 58.5 Å². The van der Waals surface area contributed by atoms with Crippen LogP contribution >= 0.6 is 58.0 Å². The van der Waals surface area contributed by atoms with Crippen molar-refractivity contribution in [2.75, 3.05) is 0 Å². The van der Waals surface area contributed by atoms with Gasteiger partial charge in [0.2, 0.25) is 5.24 Å². The molecule has 0 fully saturated rings. The molecule has 0 saturated carbocycles. The van der Waals surface area contributed by atoms with Crippen LogP contribution in [-0.4, -0.2) is 5.24 Å². The molecule has 0 aromatic heterocycles. The molecular formula is C16H11Cl5O. The van der Waals surface area contributed by atoms with E-state index >= 15 is 0 Å². The zero-order chi connectivity index (χ0) is 16.3. The number of hydrogen-bond acceptors (Lipinski definition) is 1. The van der Waals surface area contributed by atoms with E-state index in [2.05, 4.69) is 0 Å². The summed E-state index contributed by atoms with van der Waals surface area (Å²) in [4.78, 5) is 11.7. The summed E-state index contributed by atoms with van der Waals surface area (Å²) in [7, 11) is 0. The summed E-state index contributed by atoms with van der Waals surface area (Å²) >= 11 is 29.8. The fourth-order valence-corrected chi connectivity index (χ4v) is 3.26. The largest absolute Gasteiger partial charge is 0.281 e. The number of carbonyl (C=O) groups is 1. The van der Waals surface area contributed by atoms with E-state index in [1.807, 2.05) is 0 Å². The average Bonchev–Trinajstić information content (AvgIpc) is 2.43. The predicted molar refractivity (Wildman–Crippen MR) is 94.7 cm³/mol. The minimum Gasteiger partial charge on any atom is -0.281 e. The third kappa shape index (κ3) is 4.78. The van der Waals surface area contributed by atoms with Crippen molar-refractivity contribution in [3.63, 3.8) is 0 Å². The summed E-state index contributed by atoms with van der Waals surface area (Å²) in [5, 5.41) is 1.68. The molecule has 116 valence electrons. The lowest BCUT2D eigenvalue weighted by Crippen LogP contribution is -2.16. The van der Waals surface area contributed by atoms with E-state index in [1.165, 1.54) is 0 Å². The van der Waals surface area contributed by atoms with Crippen LogP contribution in [0.25, 0.3) is 0 Å². The van der Waals surface area contributed by atoms with Gasteiger partial charge in [0.05, 0.1) is 0 Å². The predicted octanol–water partition coefficient (Wildman–Crippen LogP) is 6.47. The van der Waals surface area contributed by atoms with Crippen molar-refractivity contribution < 1.29 is 4.79 Å². The van der Waals surface area contributed by atoms with Gasteiger partial charge in [-0.3, -0.25) is 4.79 Å².